The number of carbonyl (C=O) groups is 1. The Morgan fingerprint density at radius 1 is 1.07 bits per heavy atom. The summed E-state index contributed by atoms with van der Waals surface area (Å²) in [5.41, 5.74) is 2.89. The Bertz CT molecular complexity index is 807. The standard InChI is InChI=1S/C22H26BrNO3/c1-15(2)13-26-18-9-7-17(8-10-18)24-21(25)14-27-20-11-6-16(12-19(20)23)22(3,4)5/h6-12H,1,13-14H2,2-5H3,(H,24,25). The summed E-state index contributed by atoms with van der Waals surface area (Å²) in [4.78, 5) is 12.1. The Morgan fingerprint density at radius 3 is 2.30 bits per heavy atom. The first kappa shape index (κ1) is 21.0. The average Bonchev–Trinajstić information content (AvgIpc) is 2.59. The zero-order valence-corrected chi connectivity index (χ0v) is 17.9. The third kappa shape index (κ3) is 6.75. The molecular weight excluding hydrogens is 406 g/mol. The molecule has 0 atom stereocenters. The van der Waals surface area contributed by atoms with E-state index in [1.165, 1.54) is 5.56 Å². The van der Waals surface area contributed by atoms with Crippen molar-refractivity contribution in [1.82, 2.24) is 0 Å². The van der Waals surface area contributed by atoms with E-state index in [1.807, 2.05) is 25.1 Å². The molecule has 0 spiro atoms. The van der Waals surface area contributed by atoms with Gasteiger partial charge in [-0.2, -0.15) is 0 Å². The minimum Gasteiger partial charge on any atom is -0.489 e. The van der Waals surface area contributed by atoms with E-state index in [2.05, 4.69) is 48.6 Å². The van der Waals surface area contributed by atoms with E-state index in [0.29, 0.717) is 18.0 Å². The second kappa shape index (κ2) is 9.09. The first-order valence-electron chi connectivity index (χ1n) is 8.75. The third-order valence-corrected chi connectivity index (χ3v) is 4.40. The van der Waals surface area contributed by atoms with E-state index in [9.17, 15) is 4.79 Å². The van der Waals surface area contributed by atoms with Crippen molar-refractivity contribution in [3.05, 3.63) is 64.7 Å². The molecule has 144 valence electrons. The summed E-state index contributed by atoms with van der Waals surface area (Å²) in [5, 5.41) is 2.81. The summed E-state index contributed by atoms with van der Waals surface area (Å²) in [5.74, 6) is 1.15. The first-order chi connectivity index (χ1) is 12.6. The number of hydrogen-bond donors (Lipinski definition) is 1. The van der Waals surface area contributed by atoms with Crippen LogP contribution < -0.4 is 14.8 Å². The summed E-state index contributed by atoms with van der Waals surface area (Å²) in [7, 11) is 0. The fourth-order valence-electron chi connectivity index (χ4n) is 2.27. The fraction of sp³-hybridized carbons (Fsp3) is 0.318. The molecule has 1 amide bonds. The maximum absolute atomic E-state index is 12.1. The lowest BCUT2D eigenvalue weighted by atomic mass is 9.87. The monoisotopic (exact) mass is 431 g/mol. The summed E-state index contributed by atoms with van der Waals surface area (Å²) >= 11 is 3.51. The number of halogens is 1. The van der Waals surface area contributed by atoms with Crippen LogP contribution in [0.3, 0.4) is 0 Å². The lowest BCUT2D eigenvalue weighted by molar-refractivity contribution is -0.118. The van der Waals surface area contributed by atoms with Crippen LogP contribution >= 0.6 is 15.9 Å². The summed E-state index contributed by atoms with van der Waals surface area (Å²) in [6.07, 6.45) is 0. The fourth-order valence-corrected chi connectivity index (χ4v) is 2.76. The van der Waals surface area contributed by atoms with Crippen molar-refractivity contribution >= 4 is 27.5 Å². The topological polar surface area (TPSA) is 47.6 Å². The molecule has 0 aliphatic carbocycles. The van der Waals surface area contributed by atoms with Gasteiger partial charge in [0.25, 0.3) is 5.91 Å². The van der Waals surface area contributed by atoms with Gasteiger partial charge in [-0.05, 0) is 75.8 Å². The molecule has 0 aliphatic heterocycles. The predicted molar refractivity (Wildman–Crippen MR) is 114 cm³/mol. The van der Waals surface area contributed by atoms with Crippen molar-refractivity contribution in [2.75, 3.05) is 18.5 Å². The Hall–Kier alpha value is -2.27. The predicted octanol–water partition coefficient (Wildman–Crippen LogP) is 5.72. The number of nitrogens with one attached hydrogen (secondary N) is 1. The van der Waals surface area contributed by atoms with Crippen LogP contribution in [0.1, 0.15) is 33.3 Å². The van der Waals surface area contributed by atoms with Crippen LogP contribution in [0, 0.1) is 0 Å². The molecular formula is C22H26BrNO3. The zero-order chi connectivity index (χ0) is 20.0. The molecule has 0 saturated carbocycles. The smallest absolute Gasteiger partial charge is 0.262 e. The molecule has 0 bridgehead atoms. The maximum Gasteiger partial charge on any atom is 0.262 e. The van der Waals surface area contributed by atoms with Crippen LogP contribution in [-0.4, -0.2) is 19.1 Å². The highest BCUT2D eigenvalue weighted by atomic mass is 79.9. The number of hydrogen-bond acceptors (Lipinski definition) is 3. The number of anilines is 1. The SMILES string of the molecule is C=C(C)COc1ccc(NC(=O)COc2ccc(C(C)(C)C)cc2Br)cc1. The van der Waals surface area contributed by atoms with E-state index in [0.717, 1.165) is 15.8 Å². The van der Waals surface area contributed by atoms with Gasteiger partial charge in [0.15, 0.2) is 6.61 Å². The minimum absolute atomic E-state index is 0.0542. The van der Waals surface area contributed by atoms with Crippen molar-refractivity contribution in [1.29, 1.82) is 0 Å². The van der Waals surface area contributed by atoms with Gasteiger partial charge in [-0.15, -0.1) is 0 Å². The van der Waals surface area contributed by atoms with Crippen LogP contribution in [0.15, 0.2) is 59.1 Å². The number of ether oxygens (including phenoxy) is 2. The molecule has 2 rings (SSSR count). The molecule has 27 heavy (non-hydrogen) atoms. The van der Waals surface area contributed by atoms with Crippen molar-refractivity contribution in [3.8, 4) is 11.5 Å². The molecule has 0 saturated heterocycles. The molecule has 2 aromatic rings. The Kier molecular flexibility index (Phi) is 7.08. The average molecular weight is 432 g/mol. The van der Waals surface area contributed by atoms with Crippen LogP contribution in [0.25, 0.3) is 0 Å². The second-order valence-electron chi connectivity index (χ2n) is 7.50. The van der Waals surface area contributed by atoms with Gasteiger partial charge in [0.05, 0.1) is 4.47 Å². The van der Waals surface area contributed by atoms with E-state index in [1.54, 1.807) is 24.3 Å². The molecule has 0 heterocycles. The first-order valence-corrected chi connectivity index (χ1v) is 9.54. The highest BCUT2D eigenvalue weighted by Crippen LogP contribution is 2.31. The van der Waals surface area contributed by atoms with Crippen molar-refractivity contribution in [2.24, 2.45) is 0 Å². The maximum atomic E-state index is 12.1. The number of amides is 1. The number of carbonyl (C=O) groups excluding carboxylic acids is 1. The highest BCUT2D eigenvalue weighted by molar-refractivity contribution is 9.10. The van der Waals surface area contributed by atoms with Crippen LogP contribution in [0.5, 0.6) is 11.5 Å². The van der Waals surface area contributed by atoms with E-state index >= 15 is 0 Å². The van der Waals surface area contributed by atoms with Crippen LogP contribution in [-0.2, 0) is 10.2 Å². The van der Waals surface area contributed by atoms with Gasteiger partial charge in [0.1, 0.15) is 18.1 Å². The molecule has 2 aromatic carbocycles. The summed E-state index contributed by atoms with van der Waals surface area (Å²) in [6.45, 7) is 12.6. The molecule has 0 aromatic heterocycles. The molecule has 0 fully saturated rings. The van der Waals surface area contributed by atoms with Gasteiger partial charge in [-0.3, -0.25) is 4.79 Å². The van der Waals surface area contributed by atoms with E-state index in [-0.39, 0.29) is 17.9 Å². The quantitative estimate of drug-likeness (QED) is 0.570. The molecule has 0 radical (unpaired) electrons. The summed E-state index contributed by atoms with van der Waals surface area (Å²) in [6, 6.07) is 13.1. The zero-order valence-electron chi connectivity index (χ0n) is 16.3. The lowest BCUT2D eigenvalue weighted by Crippen LogP contribution is -2.20. The van der Waals surface area contributed by atoms with Gasteiger partial charge < -0.3 is 14.8 Å². The van der Waals surface area contributed by atoms with Crippen LogP contribution in [0.4, 0.5) is 5.69 Å². The molecule has 0 aliphatic rings. The molecule has 1 N–H and O–H groups in total. The van der Waals surface area contributed by atoms with Crippen molar-refractivity contribution < 1.29 is 14.3 Å². The largest absolute Gasteiger partial charge is 0.489 e. The molecule has 0 unspecified atom stereocenters. The Morgan fingerprint density at radius 2 is 1.74 bits per heavy atom. The number of rotatable bonds is 7. The molecule has 5 heteroatoms. The Labute approximate surface area is 169 Å². The van der Waals surface area contributed by atoms with Gasteiger partial charge in [0.2, 0.25) is 0 Å². The number of benzene rings is 2. The lowest BCUT2D eigenvalue weighted by Gasteiger charge is -2.20. The van der Waals surface area contributed by atoms with Crippen molar-refractivity contribution in [3.63, 3.8) is 0 Å². The highest BCUT2D eigenvalue weighted by Gasteiger charge is 2.15. The van der Waals surface area contributed by atoms with E-state index in [4.69, 9.17) is 9.47 Å². The van der Waals surface area contributed by atoms with E-state index < -0.39 is 0 Å². The third-order valence-electron chi connectivity index (χ3n) is 3.78. The van der Waals surface area contributed by atoms with Gasteiger partial charge in [0, 0.05) is 5.69 Å². The molecule has 4 nitrogen and oxygen atoms in total. The normalized spacial score (nSPS) is 11.0. The van der Waals surface area contributed by atoms with Gasteiger partial charge in [-0.25, -0.2) is 0 Å². The van der Waals surface area contributed by atoms with Crippen molar-refractivity contribution in [2.45, 2.75) is 33.1 Å². The van der Waals surface area contributed by atoms with Gasteiger partial charge >= 0.3 is 0 Å². The van der Waals surface area contributed by atoms with Crippen LogP contribution in [0.2, 0.25) is 0 Å². The Balaban J connectivity index is 1.88. The van der Waals surface area contributed by atoms with Gasteiger partial charge in [-0.1, -0.05) is 33.4 Å². The summed E-state index contributed by atoms with van der Waals surface area (Å²) < 4.78 is 12.0. The second-order valence-corrected chi connectivity index (χ2v) is 8.36. The minimum atomic E-state index is -0.225.